The lowest BCUT2D eigenvalue weighted by Gasteiger charge is -2.22. The average molecular weight is 251 g/mol. The number of benzene rings is 1. The van der Waals surface area contributed by atoms with Gasteiger partial charge in [0.25, 0.3) is 0 Å². The van der Waals surface area contributed by atoms with Crippen molar-refractivity contribution in [3.05, 3.63) is 29.3 Å². The summed E-state index contributed by atoms with van der Waals surface area (Å²) >= 11 is 2.03. The smallest absolute Gasteiger partial charge is 0.123 e. The number of hydrogen-bond donors (Lipinski definition) is 1. The first-order valence-corrected chi connectivity index (χ1v) is 7.34. The summed E-state index contributed by atoms with van der Waals surface area (Å²) in [5.41, 5.74) is 2.60. The van der Waals surface area contributed by atoms with Gasteiger partial charge in [0.1, 0.15) is 5.75 Å². The highest BCUT2D eigenvalue weighted by atomic mass is 32.2. The van der Waals surface area contributed by atoms with E-state index in [-0.39, 0.29) is 0 Å². The third-order valence-electron chi connectivity index (χ3n) is 3.23. The van der Waals surface area contributed by atoms with Crippen LogP contribution in [0, 0.1) is 6.92 Å². The molecule has 1 N–H and O–H groups in total. The third kappa shape index (κ3) is 3.17. The molecule has 0 bridgehead atoms. The molecule has 3 heteroatoms. The van der Waals surface area contributed by atoms with Gasteiger partial charge in [0.2, 0.25) is 0 Å². The van der Waals surface area contributed by atoms with E-state index in [1.165, 1.54) is 23.3 Å². The number of methoxy groups -OCH3 is 1. The van der Waals surface area contributed by atoms with E-state index in [1.807, 2.05) is 11.8 Å². The Kier molecular flexibility index (Phi) is 4.35. The maximum atomic E-state index is 5.48. The van der Waals surface area contributed by atoms with E-state index in [2.05, 4.69) is 37.4 Å². The normalized spacial score (nSPS) is 25.4. The van der Waals surface area contributed by atoms with Gasteiger partial charge in [-0.25, -0.2) is 0 Å². The lowest BCUT2D eigenvalue weighted by molar-refractivity contribution is 0.396. The largest absolute Gasteiger partial charge is 0.496 e. The van der Waals surface area contributed by atoms with E-state index in [0.717, 1.165) is 11.5 Å². The van der Waals surface area contributed by atoms with Gasteiger partial charge < -0.3 is 10.1 Å². The van der Waals surface area contributed by atoms with Crippen molar-refractivity contribution in [3.63, 3.8) is 0 Å². The van der Waals surface area contributed by atoms with E-state index >= 15 is 0 Å². The first-order valence-electron chi connectivity index (χ1n) is 6.19. The van der Waals surface area contributed by atoms with Crippen molar-refractivity contribution in [1.82, 2.24) is 5.32 Å². The van der Waals surface area contributed by atoms with Gasteiger partial charge in [0.05, 0.1) is 7.11 Å². The second kappa shape index (κ2) is 5.78. The molecule has 2 unspecified atom stereocenters. The first kappa shape index (κ1) is 12.8. The predicted molar refractivity (Wildman–Crippen MR) is 75.0 cm³/mol. The molecule has 17 heavy (non-hydrogen) atoms. The number of aryl methyl sites for hydroxylation is 1. The van der Waals surface area contributed by atoms with Gasteiger partial charge in [-0.3, -0.25) is 0 Å². The number of ether oxygens (including phenoxy) is 1. The number of nitrogens with one attached hydrogen (secondary N) is 1. The zero-order valence-electron chi connectivity index (χ0n) is 10.8. The van der Waals surface area contributed by atoms with E-state index in [9.17, 15) is 0 Å². The molecule has 0 amide bonds. The Hall–Kier alpha value is -0.670. The molecule has 0 saturated carbocycles. The molecule has 1 saturated heterocycles. The minimum atomic E-state index is 0.410. The molecule has 94 valence electrons. The van der Waals surface area contributed by atoms with Crippen LogP contribution in [0.5, 0.6) is 5.75 Å². The molecule has 0 aromatic heterocycles. The summed E-state index contributed by atoms with van der Waals surface area (Å²) in [5.74, 6) is 3.38. The molecule has 2 atom stereocenters. The van der Waals surface area contributed by atoms with Gasteiger partial charge in [-0.1, -0.05) is 17.7 Å². The maximum Gasteiger partial charge on any atom is 0.123 e. The maximum absolute atomic E-state index is 5.48. The van der Waals surface area contributed by atoms with Gasteiger partial charge in [-0.2, -0.15) is 11.8 Å². The molecule has 2 nitrogen and oxygen atoms in total. The molecule has 1 aliphatic heterocycles. The van der Waals surface area contributed by atoms with Gasteiger partial charge >= 0.3 is 0 Å². The molecule has 1 aromatic carbocycles. The van der Waals surface area contributed by atoms with E-state index in [4.69, 9.17) is 4.74 Å². The number of rotatable bonds is 2. The molecular formula is C14H21NOS. The van der Waals surface area contributed by atoms with Crippen molar-refractivity contribution in [2.75, 3.05) is 18.6 Å². The van der Waals surface area contributed by atoms with Crippen molar-refractivity contribution in [2.24, 2.45) is 0 Å². The Labute approximate surface area is 108 Å². The second-order valence-corrected chi connectivity index (χ2v) is 5.88. The summed E-state index contributed by atoms with van der Waals surface area (Å²) < 4.78 is 5.48. The highest BCUT2D eigenvalue weighted by Gasteiger charge is 2.21. The lowest BCUT2D eigenvalue weighted by atomic mass is 10.0. The van der Waals surface area contributed by atoms with Crippen LogP contribution in [-0.4, -0.2) is 24.7 Å². The fraction of sp³-hybridized carbons (Fsp3) is 0.571. The van der Waals surface area contributed by atoms with E-state index in [0.29, 0.717) is 12.1 Å². The fourth-order valence-electron chi connectivity index (χ4n) is 2.24. The van der Waals surface area contributed by atoms with Crippen molar-refractivity contribution in [3.8, 4) is 5.75 Å². The Balaban J connectivity index is 2.27. The summed E-state index contributed by atoms with van der Waals surface area (Å²) in [4.78, 5) is 0. The number of hydrogen-bond acceptors (Lipinski definition) is 3. The van der Waals surface area contributed by atoms with Crippen LogP contribution in [0.15, 0.2) is 18.2 Å². The summed E-state index contributed by atoms with van der Waals surface area (Å²) in [5, 5.41) is 3.70. The highest BCUT2D eigenvalue weighted by Crippen LogP contribution is 2.31. The van der Waals surface area contributed by atoms with Crippen LogP contribution in [0.4, 0.5) is 0 Å². The van der Waals surface area contributed by atoms with Gasteiger partial charge in [0, 0.05) is 23.4 Å². The topological polar surface area (TPSA) is 21.3 Å². The Morgan fingerprint density at radius 1 is 1.41 bits per heavy atom. The summed E-state index contributed by atoms with van der Waals surface area (Å²) in [6.07, 6.45) is 1.25. The van der Waals surface area contributed by atoms with Crippen LogP contribution in [-0.2, 0) is 0 Å². The molecule has 1 fully saturated rings. The SMILES string of the molecule is COc1ccc(C)cc1C1CSCCC(C)N1. The Morgan fingerprint density at radius 3 is 3.00 bits per heavy atom. The van der Waals surface area contributed by atoms with E-state index < -0.39 is 0 Å². The zero-order chi connectivity index (χ0) is 12.3. The van der Waals surface area contributed by atoms with Gasteiger partial charge in [-0.15, -0.1) is 0 Å². The minimum absolute atomic E-state index is 0.410. The van der Waals surface area contributed by atoms with Gasteiger partial charge in [0.15, 0.2) is 0 Å². The van der Waals surface area contributed by atoms with Crippen molar-refractivity contribution >= 4 is 11.8 Å². The molecular weight excluding hydrogens is 230 g/mol. The predicted octanol–water partition coefficient (Wildman–Crippen LogP) is 3.16. The van der Waals surface area contributed by atoms with Crippen molar-refractivity contribution in [1.29, 1.82) is 0 Å². The molecule has 1 heterocycles. The van der Waals surface area contributed by atoms with Crippen LogP contribution in [0.3, 0.4) is 0 Å². The standard InChI is InChI=1S/C14H21NOS/c1-10-4-5-14(16-3)12(8-10)13-9-17-7-6-11(2)15-13/h4-5,8,11,13,15H,6-7,9H2,1-3H3. The monoisotopic (exact) mass is 251 g/mol. The molecule has 0 spiro atoms. The summed E-state index contributed by atoms with van der Waals surface area (Å²) in [6.45, 7) is 4.40. The Morgan fingerprint density at radius 2 is 2.24 bits per heavy atom. The van der Waals surface area contributed by atoms with E-state index in [1.54, 1.807) is 7.11 Å². The summed E-state index contributed by atoms with van der Waals surface area (Å²) in [6, 6.07) is 7.42. The Bertz CT molecular complexity index is 380. The van der Waals surface area contributed by atoms with Crippen molar-refractivity contribution < 1.29 is 4.74 Å². The fourth-order valence-corrected chi connectivity index (χ4v) is 3.44. The quantitative estimate of drug-likeness (QED) is 0.872. The van der Waals surface area contributed by atoms with Crippen LogP contribution in [0.1, 0.15) is 30.5 Å². The molecule has 0 radical (unpaired) electrons. The zero-order valence-corrected chi connectivity index (χ0v) is 11.6. The molecule has 1 aromatic rings. The van der Waals surface area contributed by atoms with Gasteiger partial charge in [-0.05, 0) is 32.1 Å². The van der Waals surface area contributed by atoms with Crippen LogP contribution in [0.25, 0.3) is 0 Å². The van der Waals surface area contributed by atoms with Crippen LogP contribution < -0.4 is 10.1 Å². The molecule has 0 aliphatic carbocycles. The molecule has 1 aliphatic rings. The van der Waals surface area contributed by atoms with Crippen molar-refractivity contribution in [2.45, 2.75) is 32.4 Å². The average Bonchev–Trinajstić information content (AvgIpc) is 2.54. The highest BCUT2D eigenvalue weighted by molar-refractivity contribution is 7.99. The molecule has 2 rings (SSSR count). The lowest BCUT2D eigenvalue weighted by Crippen LogP contribution is -2.30. The summed E-state index contributed by atoms with van der Waals surface area (Å²) in [7, 11) is 1.75. The minimum Gasteiger partial charge on any atom is -0.496 e. The second-order valence-electron chi connectivity index (χ2n) is 4.73. The van der Waals surface area contributed by atoms with Crippen LogP contribution in [0.2, 0.25) is 0 Å². The number of thioether (sulfide) groups is 1. The first-order chi connectivity index (χ1) is 8.20. The van der Waals surface area contributed by atoms with Crippen LogP contribution >= 0.6 is 11.8 Å². The third-order valence-corrected chi connectivity index (χ3v) is 4.32.